The monoisotopic (exact) mass is 329 g/mol. The minimum atomic E-state index is -0.0555. The van der Waals surface area contributed by atoms with Crippen molar-refractivity contribution >= 4 is 27.3 Å². The standard InChI is InChI=1S/C12H12BrNO3S/c1-16-9-4-3-7(5-8(9)13)11-10(6-15)18-12(14-11)17-2/h3-5,15H,6H2,1-2H3. The molecule has 0 atom stereocenters. The summed E-state index contributed by atoms with van der Waals surface area (Å²) >= 11 is 4.77. The van der Waals surface area contributed by atoms with Gasteiger partial charge < -0.3 is 14.6 Å². The number of aliphatic hydroxyl groups is 1. The van der Waals surface area contributed by atoms with Crippen molar-refractivity contribution < 1.29 is 14.6 Å². The van der Waals surface area contributed by atoms with Crippen LogP contribution >= 0.6 is 27.3 Å². The third-order valence-electron chi connectivity index (χ3n) is 2.42. The largest absolute Gasteiger partial charge is 0.496 e. The molecule has 0 fully saturated rings. The minimum absolute atomic E-state index is 0.0555. The summed E-state index contributed by atoms with van der Waals surface area (Å²) in [6.45, 7) is -0.0555. The van der Waals surface area contributed by atoms with Gasteiger partial charge in [-0.3, -0.25) is 0 Å². The van der Waals surface area contributed by atoms with Gasteiger partial charge in [0.15, 0.2) is 0 Å². The summed E-state index contributed by atoms with van der Waals surface area (Å²) in [6.07, 6.45) is 0. The first kappa shape index (κ1) is 13.3. The highest BCUT2D eigenvalue weighted by molar-refractivity contribution is 9.10. The average Bonchev–Trinajstić information content (AvgIpc) is 2.82. The van der Waals surface area contributed by atoms with Gasteiger partial charge in [0.05, 0.1) is 35.9 Å². The smallest absolute Gasteiger partial charge is 0.273 e. The Balaban J connectivity index is 2.47. The molecule has 1 N–H and O–H groups in total. The maximum Gasteiger partial charge on any atom is 0.273 e. The van der Waals surface area contributed by atoms with E-state index in [4.69, 9.17) is 9.47 Å². The molecule has 0 unspecified atom stereocenters. The van der Waals surface area contributed by atoms with Crippen LogP contribution in [-0.2, 0) is 6.61 Å². The summed E-state index contributed by atoms with van der Waals surface area (Å²) in [6, 6.07) is 5.66. The maximum absolute atomic E-state index is 9.34. The molecule has 0 amide bonds. The van der Waals surface area contributed by atoms with Crippen molar-refractivity contribution in [3.63, 3.8) is 0 Å². The van der Waals surface area contributed by atoms with Gasteiger partial charge in [0.25, 0.3) is 5.19 Å². The molecule has 1 heterocycles. The average molecular weight is 330 g/mol. The first-order chi connectivity index (χ1) is 8.69. The normalized spacial score (nSPS) is 10.4. The lowest BCUT2D eigenvalue weighted by Gasteiger charge is -2.05. The molecular weight excluding hydrogens is 318 g/mol. The van der Waals surface area contributed by atoms with Crippen LogP contribution in [0.4, 0.5) is 0 Å². The Morgan fingerprint density at radius 1 is 1.33 bits per heavy atom. The van der Waals surface area contributed by atoms with E-state index >= 15 is 0 Å². The SMILES string of the molecule is COc1nc(-c2ccc(OC)c(Br)c2)c(CO)s1. The third-order valence-corrected chi connectivity index (χ3v) is 4.04. The van der Waals surface area contributed by atoms with Gasteiger partial charge in [0.2, 0.25) is 0 Å². The number of ether oxygens (including phenoxy) is 2. The van der Waals surface area contributed by atoms with E-state index in [2.05, 4.69) is 20.9 Å². The number of hydrogen-bond donors (Lipinski definition) is 1. The lowest BCUT2D eigenvalue weighted by atomic mass is 10.1. The van der Waals surface area contributed by atoms with E-state index in [1.54, 1.807) is 14.2 Å². The lowest BCUT2D eigenvalue weighted by Crippen LogP contribution is -1.88. The second-order valence-corrected chi connectivity index (χ2v) is 5.36. The molecule has 18 heavy (non-hydrogen) atoms. The Morgan fingerprint density at radius 2 is 2.11 bits per heavy atom. The second kappa shape index (κ2) is 5.69. The lowest BCUT2D eigenvalue weighted by molar-refractivity contribution is 0.286. The van der Waals surface area contributed by atoms with Gasteiger partial charge >= 0.3 is 0 Å². The van der Waals surface area contributed by atoms with Gasteiger partial charge in [0, 0.05) is 5.56 Å². The van der Waals surface area contributed by atoms with Crippen molar-refractivity contribution in [3.05, 3.63) is 27.5 Å². The van der Waals surface area contributed by atoms with Gasteiger partial charge in [-0.15, -0.1) is 0 Å². The summed E-state index contributed by atoms with van der Waals surface area (Å²) < 4.78 is 11.1. The van der Waals surface area contributed by atoms with Crippen LogP contribution in [0.1, 0.15) is 4.88 Å². The molecule has 0 aliphatic carbocycles. The van der Waals surface area contributed by atoms with E-state index in [1.807, 2.05) is 18.2 Å². The molecule has 1 aromatic heterocycles. The number of thiazole rings is 1. The molecule has 6 heteroatoms. The molecule has 0 radical (unpaired) electrons. The summed E-state index contributed by atoms with van der Waals surface area (Å²) in [5, 5.41) is 9.88. The van der Waals surface area contributed by atoms with Crippen LogP contribution in [0.15, 0.2) is 22.7 Å². The number of methoxy groups -OCH3 is 2. The molecule has 2 rings (SSSR count). The summed E-state index contributed by atoms with van der Waals surface area (Å²) in [7, 11) is 3.18. The second-order valence-electron chi connectivity index (χ2n) is 3.46. The highest BCUT2D eigenvalue weighted by atomic mass is 79.9. The van der Waals surface area contributed by atoms with E-state index < -0.39 is 0 Å². The first-order valence-electron chi connectivity index (χ1n) is 5.18. The number of halogens is 1. The zero-order valence-electron chi connectivity index (χ0n) is 9.94. The first-order valence-corrected chi connectivity index (χ1v) is 6.79. The van der Waals surface area contributed by atoms with Crippen molar-refractivity contribution in [1.82, 2.24) is 4.98 Å². The van der Waals surface area contributed by atoms with E-state index in [-0.39, 0.29) is 6.61 Å². The molecule has 2 aromatic rings. The molecule has 96 valence electrons. The van der Waals surface area contributed by atoms with E-state index in [1.165, 1.54) is 11.3 Å². The molecular formula is C12H12BrNO3S. The summed E-state index contributed by atoms with van der Waals surface area (Å²) in [5.41, 5.74) is 1.65. The highest BCUT2D eigenvalue weighted by Crippen LogP contribution is 2.35. The molecule has 4 nitrogen and oxygen atoms in total. The fourth-order valence-electron chi connectivity index (χ4n) is 1.56. The van der Waals surface area contributed by atoms with Gasteiger partial charge in [-0.2, -0.15) is 0 Å². The van der Waals surface area contributed by atoms with Crippen LogP contribution < -0.4 is 9.47 Å². The highest BCUT2D eigenvalue weighted by Gasteiger charge is 2.14. The molecule has 0 saturated carbocycles. The number of aliphatic hydroxyl groups excluding tert-OH is 1. The van der Waals surface area contributed by atoms with Crippen LogP contribution in [-0.4, -0.2) is 24.3 Å². The van der Waals surface area contributed by atoms with Crippen LogP contribution in [0.5, 0.6) is 10.9 Å². The minimum Gasteiger partial charge on any atom is -0.496 e. The fourth-order valence-corrected chi connectivity index (χ4v) is 2.86. The Bertz CT molecular complexity index is 556. The molecule has 0 spiro atoms. The number of hydrogen-bond acceptors (Lipinski definition) is 5. The Hall–Kier alpha value is -1.11. The zero-order valence-corrected chi connectivity index (χ0v) is 12.3. The van der Waals surface area contributed by atoms with Crippen molar-refractivity contribution in [2.45, 2.75) is 6.61 Å². The van der Waals surface area contributed by atoms with Gasteiger partial charge in [0.1, 0.15) is 5.75 Å². The maximum atomic E-state index is 9.34. The van der Waals surface area contributed by atoms with Crippen LogP contribution in [0, 0.1) is 0 Å². The molecule has 0 bridgehead atoms. The Labute approximate surface area is 117 Å². The van der Waals surface area contributed by atoms with Crippen LogP contribution in [0.2, 0.25) is 0 Å². The topological polar surface area (TPSA) is 51.6 Å². The van der Waals surface area contributed by atoms with Gasteiger partial charge in [-0.25, -0.2) is 4.98 Å². The van der Waals surface area contributed by atoms with Crippen molar-refractivity contribution in [2.75, 3.05) is 14.2 Å². The Morgan fingerprint density at radius 3 is 2.67 bits per heavy atom. The van der Waals surface area contributed by atoms with Crippen LogP contribution in [0.3, 0.4) is 0 Å². The van der Waals surface area contributed by atoms with Crippen molar-refractivity contribution in [3.8, 4) is 22.2 Å². The fraction of sp³-hybridized carbons (Fsp3) is 0.250. The number of benzene rings is 1. The van der Waals surface area contributed by atoms with E-state index in [0.29, 0.717) is 5.19 Å². The van der Waals surface area contributed by atoms with E-state index in [0.717, 1.165) is 26.4 Å². The Kier molecular flexibility index (Phi) is 4.21. The van der Waals surface area contributed by atoms with Gasteiger partial charge in [-0.1, -0.05) is 11.3 Å². The van der Waals surface area contributed by atoms with Crippen LogP contribution in [0.25, 0.3) is 11.3 Å². The zero-order chi connectivity index (χ0) is 13.1. The molecule has 0 aliphatic rings. The van der Waals surface area contributed by atoms with Gasteiger partial charge in [-0.05, 0) is 34.1 Å². The quantitative estimate of drug-likeness (QED) is 0.936. The molecule has 0 saturated heterocycles. The summed E-state index contributed by atoms with van der Waals surface area (Å²) in [5.74, 6) is 0.756. The predicted molar refractivity (Wildman–Crippen MR) is 74.3 cm³/mol. The summed E-state index contributed by atoms with van der Waals surface area (Å²) in [4.78, 5) is 5.12. The molecule has 1 aromatic carbocycles. The van der Waals surface area contributed by atoms with Crippen molar-refractivity contribution in [2.24, 2.45) is 0 Å². The van der Waals surface area contributed by atoms with Crippen molar-refractivity contribution in [1.29, 1.82) is 0 Å². The predicted octanol–water partition coefficient (Wildman–Crippen LogP) is 3.08. The number of nitrogens with zero attached hydrogens (tertiary/aromatic N) is 1. The molecule has 0 aliphatic heterocycles. The van der Waals surface area contributed by atoms with E-state index in [9.17, 15) is 5.11 Å². The third kappa shape index (κ3) is 2.50. The number of aromatic nitrogens is 1. The number of rotatable bonds is 4.